The first kappa shape index (κ1) is 14.4. The van der Waals surface area contributed by atoms with Crippen LogP contribution in [-0.2, 0) is 11.3 Å². The first-order valence-corrected chi connectivity index (χ1v) is 8.70. The van der Waals surface area contributed by atoms with Gasteiger partial charge in [0.05, 0.1) is 16.9 Å². The zero-order valence-corrected chi connectivity index (χ0v) is 13.1. The average Bonchev–Trinajstić information content (AvgIpc) is 2.90. The fourth-order valence-electron chi connectivity index (χ4n) is 3.45. The lowest BCUT2D eigenvalue weighted by molar-refractivity contribution is -0.124. The van der Waals surface area contributed by atoms with Gasteiger partial charge in [0.25, 0.3) is 0 Å². The maximum absolute atomic E-state index is 12.3. The molecule has 3 nitrogen and oxygen atoms in total. The van der Waals surface area contributed by atoms with E-state index in [1.54, 1.807) is 0 Å². The van der Waals surface area contributed by atoms with Crippen LogP contribution >= 0.6 is 22.9 Å². The molecule has 3 unspecified atom stereocenters. The Morgan fingerprint density at radius 2 is 2.15 bits per heavy atom. The van der Waals surface area contributed by atoms with Crippen LogP contribution in [0.1, 0.15) is 43.4 Å². The van der Waals surface area contributed by atoms with E-state index in [1.165, 1.54) is 43.4 Å². The molecule has 1 aliphatic carbocycles. The molecule has 3 rings (SSSR count). The fourth-order valence-corrected chi connectivity index (χ4v) is 4.47. The summed E-state index contributed by atoms with van der Waals surface area (Å²) in [7, 11) is 0. The quantitative estimate of drug-likeness (QED) is 0.899. The van der Waals surface area contributed by atoms with E-state index in [2.05, 4.69) is 10.6 Å². The minimum Gasteiger partial charge on any atom is -0.350 e. The molecule has 0 spiro atoms. The summed E-state index contributed by atoms with van der Waals surface area (Å²) in [4.78, 5) is 13.4. The number of piperidine rings is 1. The second-order valence-corrected chi connectivity index (χ2v) is 7.67. The molecule has 5 heteroatoms. The Morgan fingerprint density at radius 3 is 2.95 bits per heavy atom. The van der Waals surface area contributed by atoms with E-state index in [0.717, 1.165) is 21.6 Å². The van der Waals surface area contributed by atoms with Gasteiger partial charge in [-0.05, 0) is 43.7 Å². The van der Waals surface area contributed by atoms with Crippen molar-refractivity contribution in [3.63, 3.8) is 0 Å². The predicted octanol–water partition coefficient (Wildman–Crippen LogP) is 3.33. The molecule has 0 bridgehead atoms. The van der Waals surface area contributed by atoms with Gasteiger partial charge in [-0.3, -0.25) is 4.79 Å². The number of halogens is 1. The highest BCUT2D eigenvalue weighted by atomic mass is 35.5. The van der Waals surface area contributed by atoms with Crippen molar-refractivity contribution in [2.24, 2.45) is 5.92 Å². The molecule has 1 aliphatic heterocycles. The van der Waals surface area contributed by atoms with Crippen LogP contribution in [0.3, 0.4) is 0 Å². The smallest absolute Gasteiger partial charge is 0.237 e. The van der Waals surface area contributed by atoms with E-state index >= 15 is 0 Å². The molecule has 3 atom stereocenters. The van der Waals surface area contributed by atoms with E-state index in [1.807, 2.05) is 12.1 Å². The van der Waals surface area contributed by atoms with Crippen LogP contribution in [0.5, 0.6) is 0 Å². The first-order valence-electron chi connectivity index (χ1n) is 7.50. The monoisotopic (exact) mass is 312 g/mol. The molecule has 1 saturated heterocycles. The summed E-state index contributed by atoms with van der Waals surface area (Å²) in [6.45, 7) is 0.586. The minimum atomic E-state index is -0.00946. The van der Waals surface area contributed by atoms with Crippen molar-refractivity contribution in [3.05, 3.63) is 21.3 Å². The molecule has 110 valence electrons. The van der Waals surface area contributed by atoms with Crippen molar-refractivity contribution < 1.29 is 4.79 Å². The van der Waals surface area contributed by atoms with Crippen molar-refractivity contribution in [3.8, 4) is 0 Å². The second-order valence-electron chi connectivity index (χ2n) is 5.87. The Hall–Kier alpha value is -0.580. The van der Waals surface area contributed by atoms with Gasteiger partial charge < -0.3 is 10.6 Å². The van der Waals surface area contributed by atoms with Crippen LogP contribution in [0.4, 0.5) is 0 Å². The number of thiophene rings is 1. The lowest BCUT2D eigenvalue weighted by Gasteiger charge is -2.39. The lowest BCUT2D eigenvalue weighted by Crippen LogP contribution is -2.54. The molecule has 2 fully saturated rings. The number of hydrogen-bond donors (Lipinski definition) is 2. The number of fused-ring (bicyclic) bond motifs is 1. The molecule has 2 aliphatic rings. The van der Waals surface area contributed by atoms with Gasteiger partial charge in [-0.2, -0.15) is 0 Å². The molecule has 1 aromatic rings. The van der Waals surface area contributed by atoms with E-state index < -0.39 is 0 Å². The van der Waals surface area contributed by atoms with Crippen LogP contribution in [0, 0.1) is 5.92 Å². The minimum absolute atomic E-state index is 0.00946. The SMILES string of the molecule is O=C(NCc1ccc(Cl)s1)C1CCC2CCCCC2N1. The summed E-state index contributed by atoms with van der Waals surface area (Å²) >= 11 is 7.42. The number of carbonyl (C=O) groups excluding carboxylic acids is 1. The Bertz CT molecular complexity index is 476. The predicted molar refractivity (Wildman–Crippen MR) is 83.1 cm³/mol. The van der Waals surface area contributed by atoms with Crippen molar-refractivity contribution in [2.75, 3.05) is 0 Å². The third-order valence-corrected chi connectivity index (χ3v) is 5.76. The van der Waals surface area contributed by atoms with Gasteiger partial charge in [-0.15, -0.1) is 11.3 Å². The molecule has 0 aromatic carbocycles. The molecular weight excluding hydrogens is 292 g/mol. The molecule has 1 aromatic heterocycles. The topological polar surface area (TPSA) is 41.1 Å². The Kier molecular flexibility index (Phi) is 4.64. The Morgan fingerprint density at radius 1 is 1.30 bits per heavy atom. The number of rotatable bonds is 3. The number of nitrogens with one attached hydrogen (secondary N) is 2. The van der Waals surface area contributed by atoms with Gasteiger partial charge >= 0.3 is 0 Å². The van der Waals surface area contributed by atoms with E-state index in [0.29, 0.717) is 12.6 Å². The van der Waals surface area contributed by atoms with Crippen LogP contribution in [0.2, 0.25) is 4.34 Å². The van der Waals surface area contributed by atoms with Crippen molar-refractivity contribution in [1.29, 1.82) is 0 Å². The van der Waals surface area contributed by atoms with Gasteiger partial charge in [-0.1, -0.05) is 24.4 Å². The highest BCUT2D eigenvalue weighted by Gasteiger charge is 2.34. The van der Waals surface area contributed by atoms with Crippen molar-refractivity contribution in [1.82, 2.24) is 10.6 Å². The maximum atomic E-state index is 12.3. The third-order valence-electron chi connectivity index (χ3n) is 4.53. The van der Waals surface area contributed by atoms with Crippen LogP contribution in [0.25, 0.3) is 0 Å². The summed E-state index contributed by atoms with van der Waals surface area (Å²) in [6, 6.07) is 4.40. The molecule has 2 N–H and O–H groups in total. The standard InChI is InChI=1S/C15H21ClN2OS/c16-14-8-6-11(20-14)9-17-15(19)13-7-5-10-3-1-2-4-12(10)18-13/h6,8,10,12-13,18H,1-5,7,9H2,(H,17,19). The summed E-state index contributed by atoms with van der Waals surface area (Å²) in [5.41, 5.74) is 0. The van der Waals surface area contributed by atoms with Gasteiger partial charge in [-0.25, -0.2) is 0 Å². The normalized spacial score (nSPS) is 29.8. The average molecular weight is 313 g/mol. The third kappa shape index (κ3) is 3.35. The Balaban J connectivity index is 1.50. The molecule has 1 amide bonds. The summed E-state index contributed by atoms with van der Waals surface area (Å²) in [5, 5.41) is 6.59. The largest absolute Gasteiger partial charge is 0.350 e. The molecule has 1 saturated carbocycles. The summed E-state index contributed by atoms with van der Waals surface area (Å²) < 4.78 is 0.773. The number of carbonyl (C=O) groups is 1. The zero-order chi connectivity index (χ0) is 13.9. The summed E-state index contributed by atoms with van der Waals surface area (Å²) in [6.07, 6.45) is 7.39. The van der Waals surface area contributed by atoms with Gasteiger partial charge in [0.2, 0.25) is 5.91 Å². The summed E-state index contributed by atoms with van der Waals surface area (Å²) in [5.74, 6) is 0.933. The lowest BCUT2D eigenvalue weighted by atomic mass is 9.77. The fraction of sp³-hybridized carbons (Fsp3) is 0.667. The van der Waals surface area contributed by atoms with Crippen LogP contribution in [0.15, 0.2) is 12.1 Å². The molecular formula is C15H21ClN2OS. The highest BCUT2D eigenvalue weighted by molar-refractivity contribution is 7.16. The zero-order valence-electron chi connectivity index (χ0n) is 11.5. The first-order chi connectivity index (χ1) is 9.72. The number of amides is 1. The number of hydrogen-bond acceptors (Lipinski definition) is 3. The highest BCUT2D eigenvalue weighted by Crippen LogP contribution is 2.32. The van der Waals surface area contributed by atoms with Crippen LogP contribution in [-0.4, -0.2) is 18.0 Å². The Labute approximate surface area is 129 Å². The van der Waals surface area contributed by atoms with Gasteiger partial charge in [0.1, 0.15) is 0 Å². The molecule has 20 heavy (non-hydrogen) atoms. The molecule has 0 radical (unpaired) electrons. The van der Waals surface area contributed by atoms with E-state index in [-0.39, 0.29) is 11.9 Å². The van der Waals surface area contributed by atoms with E-state index in [4.69, 9.17) is 11.6 Å². The molecule has 2 heterocycles. The second kappa shape index (κ2) is 6.46. The maximum Gasteiger partial charge on any atom is 0.237 e. The van der Waals surface area contributed by atoms with Gasteiger partial charge in [0.15, 0.2) is 0 Å². The van der Waals surface area contributed by atoms with Gasteiger partial charge in [0, 0.05) is 10.9 Å². The van der Waals surface area contributed by atoms with Crippen LogP contribution < -0.4 is 10.6 Å². The van der Waals surface area contributed by atoms with E-state index in [9.17, 15) is 4.79 Å². The van der Waals surface area contributed by atoms with Crippen molar-refractivity contribution in [2.45, 2.75) is 57.2 Å². The van der Waals surface area contributed by atoms with Crippen molar-refractivity contribution >= 4 is 28.8 Å².